The van der Waals surface area contributed by atoms with Crippen molar-refractivity contribution < 1.29 is 13.2 Å². The average molecular weight is 271 g/mol. The van der Waals surface area contributed by atoms with Crippen LogP contribution in [0.1, 0.15) is 31.2 Å². The molecule has 1 aromatic heterocycles. The lowest BCUT2D eigenvalue weighted by molar-refractivity contribution is -0.137. The monoisotopic (exact) mass is 271 g/mol. The maximum Gasteiger partial charge on any atom is 0.416 e. The molecule has 2 N–H and O–H groups in total. The molecule has 0 saturated heterocycles. The molecule has 2 aliphatic carbocycles. The summed E-state index contributed by atoms with van der Waals surface area (Å²) < 4.78 is 38.4. The number of anilines is 2. The Morgan fingerprint density at radius 2 is 1.89 bits per heavy atom. The van der Waals surface area contributed by atoms with Crippen LogP contribution in [0.15, 0.2) is 12.1 Å². The van der Waals surface area contributed by atoms with E-state index in [4.69, 9.17) is 5.73 Å². The third kappa shape index (κ3) is 2.93. The number of nitrogens with two attached hydrogens (primary N) is 1. The Morgan fingerprint density at radius 1 is 1.21 bits per heavy atom. The molecule has 6 heteroatoms. The molecule has 2 fully saturated rings. The van der Waals surface area contributed by atoms with Crippen molar-refractivity contribution >= 4 is 11.6 Å². The SMILES string of the molecule is Nc1cc(C(F)(F)F)cc(N(CC2CC2)C2CC2)n1. The van der Waals surface area contributed by atoms with Crippen LogP contribution in [0.4, 0.5) is 24.8 Å². The van der Waals surface area contributed by atoms with Gasteiger partial charge in [0.2, 0.25) is 0 Å². The van der Waals surface area contributed by atoms with Crippen molar-refractivity contribution in [1.29, 1.82) is 0 Å². The van der Waals surface area contributed by atoms with E-state index in [9.17, 15) is 13.2 Å². The molecule has 19 heavy (non-hydrogen) atoms. The van der Waals surface area contributed by atoms with Gasteiger partial charge >= 0.3 is 6.18 Å². The van der Waals surface area contributed by atoms with Crippen molar-refractivity contribution in [3.05, 3.63) is 17.7 Å². The van der Waals surface area contributed by atoms with E-state index in [1.807, 2.05) is 4.90 Å². The highest BCUT2D eigenvalue weighted by Gasteiger charge is 2.37. The first-order valence-corrected chi connectivity index (χ1v) is 6.55. The first-order chi connectivity index (χ1) is 8.93. The van der Waals surface area contributed by atoms with Gasteiger partial charge in [0.05, 0.1) is 5.56 Å². The van der Waals surface area contributed by atoms with Gasteiger partial charge in [-0.1, -0.05) is 0 Å². The van der Waals surface area contributed by atoms with E-state index in [1.165, 1.54) is 0 Å². The summed E-state index contributed by atoms with van der Waals surface area (Å²) in [6.07, 6.45) is 0.0189. The first-order valence-electron chi connectivity index (χ1n) is 6.55. The Balaban J connectivity index is 1.90. The minimum Gasteiger partial charge on any atom is -0.384 e. The van der Waals surface area contributed by atoms with E-state index in [1.54, 1.807) is 0 Å². The maximum absolute atomic E-state index is 12.8. The molecule has 0 aromatic carbocycles. The van der Waals surface area contributed by atoms with Gasteiger partial charge in [0.1, 0.15) is 11.6 Å². The Hall–Kier alpha value is -1.46. The molecule has 0 unspecified atom stereocenters. The fraction of sp³-hybridized carbons (Fsp3) is 0.615. The molecule has 2 saturated carbocycles. The highest BCUT2D eigenvalue weighted by atomic mass is 19.4. The molecule has 3 nitrogen and oxygen atoms in total. The molecular weight excluding hydrogens is 255 g/mol. The summed E-state index contributed by atoms with van der Waals surface area (Å²) in [6, 6.07) is 2.36. The van der Waals surface area contributed by atoms with Crippen molar-refractivity contribution in [1.82, 2.24) is 4.98 Å². The molecular formula is C13H16F3N3. The number of hydrogen-bond acceptors (Lipinski definition) is 3. The van der Waals surface area contributed by atoms with Crippen LogP contribution in [-0.2, 0) is 6.18 Å². The van der Waals surface area contributed by atoms with E-state index in [-0.39, 0.29) is 5.82 Å². The van der Waals surface area contributed by atoms with Crippen molar-refractivity contribution in [2.45, 2.75) is 37.9 Å². The Kier molecular flexibility index (Phi) is 2.83. The summed E-state index contributed by atoms with van der Waals surface area (Å²) in [5.74, 6) is 0.922. The quantitative estimate of drug-likeness (QED) is 0.915. The number of aromatic nitrogens is 1. The van der Waals surface area contributed by atoms with Crippen LogP contribution >= 0.6 is 0 Å². The molecule has 3 rings (SSSR count). The van der Waals surface area contributed by atoms with Crippen LogP contribution in [0.25, 0.3) is 0 Å². The van der Waals surface area contributed by atoms with Crippen LogP contribution in [0, 0.1) is 5.92 Å². The summed E-state index contributed by atoms with van der Waals surface area (Å²) >= 11 is 0. The zero-order chi connectivity index (χ0) is 13.6. The average Bonchev–Trinajstić information content (AvgIpc) is 3.17. The van der Waals surface area contributed by atoms with Gasteiger partial charge in [-0.2, -0.15) is 13.2 Å². The van der Waals surface area contributed by atoms with E-state index in [2.05, 4.69) is 4.98 Å². The minimum absolute atomic E-state index is 0.0636. The lowest BCUT2D eigenvalue weighted by Crippen LogP contribution is -2.29. The van der Waals surface area contributed by atoms with Crippen LogP contribution in [-0.4, -0.2) is 17.6 Å². The third-order valence-electron chi connectivity index (χ3n) is 3.59. The fourth-order valence-electron chi connectivity index (χ4n) is 2.24. The summed E-state index contributed by atoms with van der Waals surface area (Å²) in [6.45, 7) is 0.804. The van der Waals surface area contributed by atoms with Gasteiger partial charge in [-0.25, -0.2) is 4.98 Å². The number of alkyl halides is 3. The smallest absolute Gasteiger partial charge is 0.384 e. The predicted octanol–water partition coefficient (Wildman–Crippen LogP) is 3.06. The van der Waals surface area contributed by atoms with Gasteiger partial charge in [-0.05, 0) is 43.7 Å². The molecule has 104 valence electrons. The predicted molar refractivity (Wildman–Crippen MR) is 66.7 cm³/mol. The fourth-order valence-corrected chi connectivity index (χ4v) is 2.24. The van der Waals surface area contributed by atoms with Crippen molar-refractivity contribution in [2.75, 3.05) is 17.2 Å². The van der Waals surface area contributed by atoms with Crippen LogP contribution in [0.3, 0.4) is 0 Å². The van der Waals surface area contributed by atoms with Crippen LogP contribution < -0.4 is 10.6 Å². The molecule has 0 bridgehead atoms. The lowest BCUT2D eigenvalue weighted by atomic mass is 10.2. The second-order valence-corrected chi connectivity index (χ2v) is 5.46. The summed E-state index contributed by atoms with van der Waals surface area (Å²) in [7, 11) is 0. The zero-order valence-corrected chi connectivity index (χ0v) is 10.5. The van der Waals surface area contributed by atoms with E-state index in [0.717, 1.165) is 44.4 Å². The summed E-state index contributed by atoms with van der Waals surface area (Å²) in [5, 5.41) is 0. The number of pyridine rings is 1. The molecule has 0 aliphatic heterocycles. The van der Waals surface area contributed by atoms with Gasteiger partial charge in [0.15, 0.2) is 0 Å². The second-order valence-electron chi connectivity index (χ2n) is 5.46. The summed E-state index contributed by atoms with van der Waals surface area (Å²) in [4.78, 5) is 6.10. The van der Waals surface area contributed by atoms with Gasteiger partial charge in [0.25, 0.3) is 0 Å². The topological polar surface area (TPSA) is 42.1 Å². The van der Waals surface area contributed by atoms with Crippen LogP contribution in [0.5, 0.6) is 0 Å². The molecule has 1 aromatic rings. The Morgan fingerprint density at radius 3 is 2.42 bits per heavy atom. The van der Waals surface area contributed by atoms with Gasteiger partial charge < -0.3 is 10.6 Å². The molecule has 1 heterocycles. The van der Waals surface area contributed by atoms with E-state index >= 15 is 0 Å². The number of rotatable bonds is 4. The van der Waals surface area contributed by atoms with Gasteiger partial charge in [-0.3, -0.25) is 0 Å². The van der Waals surface area contributed by atoms with Gasteiger partial charge in [0, 0.05) is 12.6 Å². The van der Waals surface area contributed by atoms with Gasteiger partial charge in [-0.15, -0.1) is 0 Å². The maximum atomic E-state index is 12.8. The largest absolute Gasteiger partial charge is 0.416 e. The number of hydrogen-bond donors (Lipinski definition) is 1. The normalized spacial score (nSPS) is 19.5. The van der Waals surface area contributed by atoms with E-state index < -0.39 is 11.7 Å². The Labute approximate surface area is 109 Å². The van der Waals surface area contributed by atoms with Crippen LogP contribution in [0.2, 0.25) is 0 Å². The first kappa shape index (κ1) is 12.6. The van der Waals surface area contributed by atoms with Crippen molar-refractivity contribution in [3.63, 3.8) is 0 Å². The third-order valence-corrected chi connectivity index (χ3v) is 3.59. The molecule has 2 aliphatic rings. The zero-order valence-electron chi connectivity index (χ0n) is 10.5. The summed E-state index contributed by atoms with van der Waals surface area (Å²) in [5.41, 5.74) is 4.81. The number of halogens is 3. The lowest BCUT2D eigenvalue weighted by Gasteiger charge is -2.24. The highest BCUT2D eigenvalue weighted by molar-refractivity contribution is 5.51. The minimum atomic E-state index is -4.37. The molecule has 0 radical (unpaired) electrons. The highest BCUT2D eigenvalue weighted by Crippen LogP contribution is 2.39. The van der Waals surface area contributed by atoms with Crippen molar-refractivity contribution in [2.24, 2.45) is 5.92 Å². The molecule has 0 spiro atoms. The second kappa shape index (κ2) is 4.28. The number of nitrogens with zero attached hydrogens (tertiary/aromatic N) is 2. The molecule has 0 amide bonds. The molecule has 0 atom stereocenters. The van der Waals surface area contributed by atoms with Crippen molar-refractivity contribution in [3.8, 4) is 0 Å². The number of nitrogen functional groups attached to an aromatic ring is 1. The van der Waals surface area contributed by atoms with E-state index in [0.29, 0.717) is 17.8 Å². The Bertz CT molecular complexity index is 479. The standard InChI is InChI=1S/C13H16F3N3/c14-13(15,16)9-5-11(17)18-12(6-9)19(10-3-4-10)7-8-1-2-8/h5-6,8,10H,1-4,7H2,(H2,17,18).